The van der Waals surface area contributed by atoms with E-state index in [2.05, 4.69) is 20.7 Å². The molecule has 7 heteroatoms. The van der Waals surface area contributed by atoms with E-state index < -0.39 is 0 Å². The Morgan fingerprint density at radius 3 is 2.83 bits per heavy atom. The number of amides is 2. The molecule has 3 aromatic rings. The molecule has 0 bridgehead atoms. The van der Waals surface area contributed by atoms with Crippen molar-refractivity contribution < 1.29 is 4.79 Å². The first kappa shape index (κ1) is 16.4. The Balaban J connectivity index is 1.72. The van der Waals surface area contributed by atoms with Crippen molar-refractivity contribution in [3.05, 3.63) is 40.0 Å². The fourth-order valence-corrected chi connectivity index (χ4v) is 3.59. The number of urea groups is 1. The van der Waals surface area contributed by atoms with Crippen molar-refractivity contribution in [1.29, 1.82) is 0 Å². The Morgan fingerprint density at radius 2 is 2.17 bits per heavy atom. The summed E-state index contributed by atoms with van der Waals surface area (Å²) in [7, 11) is 1.88. The van der Waals surface area contributed by atoms with Crippen LogP contribution in [0.4, 0.5) is 10.5 Å². The molecule has 0 aliphatic rings. The number of aryl methyl sites for hydroxylation is 3. The molecule has 3 rings (SSSR count). The van der Waals surface area contributed by atoms with Crippen molar-refractivity contribution in [1.82, 2.24) is 20.1 Å². The van der Waals surface area contributed by atoms with E-state index >= 15 is 0 Å². The van der Waals surface area contributed by atoms with E-state index in [1.807, 2.05) is 46.0 Å². The van der Waals surface area contributed by atoms with Crippen LogP contribution in [0, 0.1) is 13.8 Å². The number of benzene rings is 1. The molecule has 6 nitrogen and oxygen atoms in total. The summed E-state index contributed by atoms with van der Waals surface area (Å²) in [5.41, 5.74) is 2.74. The summed E-state index contributed by atoms with van der Waals surface area (Å²) in [6, 6.07) is 5.43. The first-order valence-electron chi connectivity index (χ1n) is 7.91. The van der Waals surface area contributed by atoms with Crippen molar-refractivity contribution in [3.8, 4) is 0 Å². The SMILES string of the molecule is CC[C@@H](NC(=O)Nc1ccc2cnn(C)c2c1)c1nc(C)c(C)s1. The second kappa shape index (κ2) is 6.60. The number of thiazole rings is 1. The van der Waals surface area contributed by atoms with Gasteiger partial charge in [-0.1, -0.05) is 6.92 Å². The molecular weight excluding hydrogens is 322 g/mol. The number of fused-ring (bicyclic) bond motifs is 1. The Bertz CT molecular complexity index is 863. The third kappa shape index (κ3) is 3.26. The summed E-state index contributed by atoms with van der Waals surface area (Å²) < 4.78 is 1.79. The smallest absolute Gasteiger partial charge is 0.319 e. The van der Waals surface area contributed by atoms with Gasteiger partial charge in [-0.25, -0.2) is 9.78 Å². The summed E-state index contributed by atoms with van der Waals surface area (Å²) in [5.74, 6) is 0. The fourth-order valence-electron chi connectivity index (χ4n) is 2.53. The highest BCUT2D eigenvalue weighted by Gasteiger charge is 2.17. The van der Waals surface area contributed by atoms with Crippen molar-refractivity contribution in [2.24, 2.45) is 7.05 Å². The number of carbonyl (C=O) groups excluding carboxylic acids is 1. The molecule has 24 heavy (non-hydrogen) atoms. The number of carbonyl (C=O) groups is 1. The van der Waals surface area contributed by atoms with Crippen LogP contribution in [-0.4, -0.2) is 20.8 Å². The summed E-state index contributed by atoms with van der Waals surface area (Å²) in [6.07, 6.45) is 2.60. The van der Waals surface area contributed by atoms with E-state index in [1.54, 1.807) is 22.2 Å². The predicted octanol–water partition coefficient (Wildman–Crippen LogP) is 3.92. The molecule has 126 valence electrons. The summed E-state index contributed by atoms with van der Waals surface area (Å²) in [6.45, 7) is 6.08. The number of hydrogen-bond acceptors (Lipinski definition) is 4. The second-order valence-electron chi connectivity index (χ2n) is 5.79. The Hall–Kier alpha value is -2.41. The standard InChI is InChI=1S/C17H21N5OS/c1-5-14(16-19-10(2)11(3)24-16)21-17(23)20-13-7-6-12-9-18-22(4)15(12)8-13/h6-9,14H,5H2,1-4H3,(H2,20,21,23)/t14-/m1/s1. The summed E-state index contributed by atoms with van der Waals surface area (Å²) in [4.78, 5) is 18.1. The van der Waals surface area contributed by atoms with Gasteiger partial charge in [0.05, 0.1) is 23.4 Å². The number of nitrogens with one attached hydrogen (secondary N) is 2. The highest BCUT2D eigenvalue weighted by Crippen LogP contribution is 2.25. The maximum Gasteiger partial charge on any atom is 0.319 e. The molecule has 0 spiro atoms. The van der Waals surface area contributed by atoms with Crippen molar-refractivity contribution in [2.75, 3.05) is 5.32 Å². The molecule has 0 saturated heterocycles. The highest BCUT2D eigenvalue weighted by molar-refractivity contribution is 7.11. The third-order valence-corrected chi connectivity index (χ3v) is 5.25. The van der Waals surface area contributed by atoms with Gasteiger partial charge in [0, 0.05) is 23.0 Å². The molecule has 1 atom stereocenters. The number of rotatable bonds is 4. The summed E-state index contributed by atoms with van der Waals surface area (Å²) in [5, 5.41) is 12.1. The predicted molar refractivity (Wildman–Crippen MR) is 97.5 cm³/mol. The van der Waals surface area contributed by atoms with Crippen molar-refractivity contribution in [2.45, 2.75) is 33.2 Å². The van der Waals surface area contributed by atoms with Crippen molar-refractivity contribution in [3.63, 3.8) is 0 Å². The Morgan fingerprint density at radius 1 is 1.38 bits per heavy atom. The fraction of sp³-hybridized carbons (Fsp3) is 0.353. The van der Waals surface area contributed by atoms with Gasteiger partial charge in [0.25, 0.3) is 0 Å². The van der Waals surface area contributed by atoms with E-state index in [9.17, 15) is 4.79 Å². The van der Waals surface area contributed by atoms with E-state index in [4.69, 9.17) is 0 Å². The molecule has 2 N–H and O–H groups in total. The van der Waals surface area contributed by atoms with Crippen LogP contribution in [0.1, 0.15) is 35.0 Å². The minimum absolute atomic E-state index is 0.0807. The molecule has 0 radical (unpaired) electrons. The van der Waals surface area contributed by atoms with Gasteiger partial charge >= 0.3 is 6.03 Å². The number of anilines is 1. The monoisotopic (exact) mass is 343 g/mol. The largest absolute Gasteiger partial charge is 0.329 e. The maximum absolute atomic E-state index is 12.3. The van der Waals surface area contributed by atoms with Crippen LogP contribution in [0.25, 0.3) is 10.9 Å². The van der Waals surface area contributed by atoms with E-state index in [1.165, 1.54) is 4.88 Å². The average molecular weight is 343 g/mol. The van der Waals surface area contributed by atoms with Crippen LogP contribution in [0.2, 0.25) is 0 Å². The van der Waals surface area contributed by atoms with Crippen molar-refractivity contribution >= 4 is 34.0 Å². The molecule has 0 fully saturated rings. The molecule has 0 aliphatic heterocycles. The lowest BCUT2D eigenvalue weighted by atomic mass is 10.2. The quantitative estimate of drug-likeness (QED) is 0.754. The lowest BCUT2D eigenvalue weighted by Gasteiger charge is -2.15. The van der Waals surface area contributed by atoms with Crippen LogP contribution in [0.15, 0.2) is 24.4 Å². The molecular formula is C17H21N5OS. The third-order valence-electron chi connectivity index (χ3n) is 4.06. The average Bonchev–Trinajstić information content (AvgIpc) is 3.08. The molecule has 0 saturated carbocycles. The zero-order chi connectivity index (χ0) is 17.3. The normalized spacial score (nSPS) is 12.3. The highest BCUT2D eigenvalue weighted by atomic mass is 32.1. The molecule has 2 aromatic heterocycles. The van der Waals surface area contributed by atoms with Crippen LogP contribution < -0.4 is 10.6 Å². The number of aromatic nitrogens is 3. The lowest BCUT2D eigenvalue weighted by molar-refractivity contribution is 0.248. The second-order valence-corrected chi connectivity index (χ2v) is 7.03. The van der Waals surface area contributed by atoms with Crippen LogP contribution in [0.3, 0.4) is 0 Å². The van der Waals surface area contributed by atoms with Gasteiger partial charge in [-0.3, -0.25) is 4.68 Å². The molecule has 2 heterocycles. The maximum atomic E-state index is 12.3. The number of nitrogens with zero attached hydrogens (tertiary/aromatic N) is 3. The minimum atomic E-state index is -0.228. The minimum Gasteiger partial charge on any atom is -0.329 e. The van der Waals surface area contributed by atoms with Gasteiger partial charge < -0.3 is 10.6 Å². The van der Waals surface area contributed by atoms with Gasteiger partial charge in [-0.05, 0) is 38.5 Å². The van der Waals surface area contributed by atoms with Gasteiger partial charge in [0.1, 0.15) is 5.01 Å². The molecule has 0 aliphatic carbocycles. The Kier molecular flexibility index (Phi) is 4.53. The molecule has 1 aromatic carbocycles. The number of hydrogen-bond donors (Lipinski definition) is 2. The van der Waals surface area contributed by atoms with Gasteiger partial charge in [-0.15, -0.1) is 11.3 Å². The van der Waals surface area contributed by atoms with E-state index in [0.717, 1.165) is 33.7 Å². The van der Waals surface area contributed by atoms with Gasteiger partial charge in [0.15, 0.2) is 0 Å². The first-order valence-corrected chi connectivity index (χ1v) is 8.72. The van der Waals surface area contributed by atoms with Crippen LogP contribution in [0.5, 0.6) is 0 Å². The van der Waals surface area contributed by atoms with Crippen LogP contribution in [-0.2, 0) is 7.05 Å². The van der Waals surface area contributed by atoms with Gasteiger partial charge in [-0.2, -0.15) is 5.10 Å². The topological polar surface area (TPSA) is 71.8 Å². The van der Waals surface area contributed by atoms with Crippen LogP contribution >= 0.6 is 11.3 Å². The summed E-state index contributed by atoms with van der Waals surface area (Å²) >= 11 is 1.64. The van der Waals surface area contributed by atoms with Gasteiger partial charge in [0.2, 0.25) is 0 Å². The van der Waals surface area contributed by atoms with E-state index in [-0.39, 0.29) is 12.1 Å². The molecule has 2 amide bonds. The Labute approximate surface area is 144 Å². The van der Waals surface area contributed by atoms with E-state index in [0.29, 0.717) is 0 Å². The zero-order valence-electron chi connectivity index (χ0n) is 14.3. The lowest BCUT2D eigenvalue weighted by Crippen LogP contribution is -2.32. The molecule has 0 unspecified atom stereocenters. The first-order chi connectivity index (χ1) is 11.5. The zero-order valence-corrected chi connectivity index (χ0v) is 15.1.